The number of hydrogen-bond donors (Lipinski definition) is 1. The molecule has 0 atom stereocenters. The Labute approximate surface area is 104 Å². The number of benzene rings is 1. The predicted molar refractivity (Wildman–Crippen MR) is 69.3 cm³/mol. The van der Waals surface area contributed by atoms with Gasteiger partial charge in [-0.2, -0.15) is 0 Å². The first-order valence-corrected chi connectivity index (χ1v) is 5.80. The molecule has 0 spiro atoms. The third kappa shape index (κ3) is 1.84. The van der Waals surface area contributed by atoms with E-state index in [0.29, 0.717) is 12.4 Å². The summed E-state index contributed by atoms with van der Waals surface area (Å²) in [5.41, 5.74) is 2.08. The fourth-order valence-electron chi connectivity index (χ4n) is 1.94. The number of rotatable bonds is 3. The molecule has 0 bridgehead atoms. The van der Waals surface area contributed by atoms with Crippen LogP contribution in [0.2, 0.25) is 0 Å². The van der Waals surface area contributed by atoms with Crippen LogP contribution < -0.4 is 5.32 Å². The summed E-state index contributed by atoms with van der Waals surface area (Å²) in [7, 11) is 1.98. The summed E-state index contributed by atoms with van der Waals surface area (Å²) in [4.78, 5) is 8.66. The zero-order valence-corrected chi connectivity index (χ0v) is 10.3. The average molecular weight is 242 g/mol. The number of imidazole rings is 1. The van der Waals surface area contributed by atoms with Crippen molar-refractivity contribution in [1.29, 1.82) is 0 Å². The molecule has 0 fully saturated rings. The second-order valence-corrected chi connectivity index (χ2v) is 4.20. The van der Waals surface area contributed by atoms with Crippen molar-refractivity contribution in [3.63, 3.8) is 0 Å². The van der Waals surface area contributed by atoms with E-state index in [1.165, 1.54) is 0 Å². The topological polar surface area (TPSA) is 55.9 Å². The van der Waals surface area contributed by atoms with Crippen molar-refractivity contribution in [3.05, 3.63) is 42.1 Å². The first-order chi connectivity index (χ1) is 8.74. The summed E-state index contributed by atoms with van der Waals surface area (Å²) < 4.78 is 7.43. The molecule has 0 saturated carbocycles. The molecule has 92 valence electrons. The summed E-state index contributed by atoms with van der Waals surface area (Å²) in [6, 6.07) is 8.03. The first-order valence-electron chi connectivity index (χ1n) is 5.80. The molecule has 0 aliphatic carbocycles. The van der Waals surface area contributed by atoms with Gasteiger partial charge in [0.25, 0.3) is 0 Å². The van der Waals surface area contributed by atoms with Crippen LogP contribution >= 0.6 is 0 Å². The van der Waals surface area contributed by atoms with E-state index < -0.39 is 0 Å². The molecule has 3 rings (SSSR count). The highest BCUT2D eigenvalue weighted by Gasteiger charge is 2.07. The van der Waals surface area contributed by atoms with E-state index in [-0.39, 0.29) is 0 Å². The predicted octanol–water partition coefficient (Wildman–Crippen LogP) is 2.48. The van der Waals surface area contributed by atoms with Crippen molar-refractivity contribution >= 4 is 17.0 Å². The molecule has 2 heterocycles. The van der Waals surface area contributed by atoms with Gasteiger partial charge in [-0.1, -0.05) is 12.1 Å². The number of aryl methyl sites for hydroxylation is 2. The number of aromatic nitrogens is 3. The van der Waals surface area contributed by atoms with Gasteiger partial charge in [-0.3, -0.25) is 0 Å². The third-order valence-corrected chi connectivity index (χ3v) is 2.85. The Hall–Kier alpha value is -2.30. The second kappa shape index (κ2) is 4.18. The Kier molecular flexibility index (Phi) is 2.51. The fourth-order valence-corrected chi connectivity index (χ4v) is 1.94. The Bertz CT molecular complexity index is 683. The van der Waals surface area contributed by atoms with Crippen LogP contribution in [-0.4, -0.2) is 14.5 Å². The van der Waals surface area contributed by atoms with Crippen molar-refractivity contribution in [2.75, 3.05) is 5.32 Å². The standard InChI is InChI=1S/C13H14N4O/c1-9-7-14-12(18-9)8-15-13-16-10-5-3-4-6-11(10)17(13)2/h3-7H,8H2,1-2H3,(H,15,16). The number of nitrogens with zero attached hydrogens (tertiary/aromatic N) is 3. The molecule has 3 aromatic rings. The van der Waals surface area contributed by atoms with E-state index in [9.17, 15) is 0 Å². The van der Waals surface area contributed by atoms with Crippen LogP contribution in [0.3, 0.4) is 0 Å². The zero-order valence-electron chi connectivity index (χ0n) is 10.3. The minimum atomic E-state index is 0.533. The average Bonchev–Trinajstić information content (AvgIpc) is 2.92. The van der Waals surface area contributed by atoms with Gasteiger partial charge in [0.05, 0.1) is 23.8 Å². The highest BCUT2D eigenvalue weighted by atomic mass is 16.4. The number of hydrogen-bond acceptors (Lipinski definition) is 4. The molecular formula is C13H14N4O. The minimum Gasteiger partial charge on any atom is -0.444 e. The van der Waals surface area contributed by atoms with Gasteiger partial charge < -0.3 is 14.3 Å². The maximum atomic E-state index is 5.41. The van der Waals surface area contributed by atoms with Crippen LogP contribution in [-0.2, 0) is 13.6 Å². The lowest BCUT2D eigenvalue weighted by Crippen LogP contribution is -2.05. The number of oxazole rings is 1. The van der Waals surface area contributed by atoms with E-state index in [1.807, 2.05) is 42.8 Å². The van der Waals surface area contributed by atoms with Gasteiger partial charge in [0.2, 0.25) is 11.8 Å². The smallest absolute Gasteiger partial charge is 0.213 e. The molecule has 5 nitrogen and oxygen atoms in total. The van der Waals surface area contributed by atoms with Gasteiger partial charge in [0.1, 0.15) is 5.76 Å². The first kappa shape index (κ1) is 10.8. The molecule has 0 aliphatic rings. The van der Waals surface area contributed by atoms with Crippen LogP contribution in [0.15, 0.2) is 34.9 Å². The molecule has 5 heteroatoms. The monoisotopic (exact) mass is 242 g/mol. The molecule has 18 heavy (non-hydrogen) atoms. The quantitative estimate of drug-likeness (QED) is 0.766. The minimum absolute atomic E-state index is 0.533. The van der Waals surface area contributed by atoms with E-state index in [1.54, 1.807) is 6.20 Å². The van der Waals surface area contributed by atoms with Gasteiger partial charge in [-0.25, -0.2) is 9.97 Å². The van der Waals surface area contributed by atoms with Gasteiger partial charge >= 0.3 is 0 Å². The lowest BCUT2D eigenvalue weighted by atomic mass is 10.3. The van der Waals surface area contributed by atoms with Crippen molar-refractivity contribution in [2.45, 2.75) is 13.5 Å². The van der Waals surface area contributed by atoms with E-state index in [0.717, 1.165) is 22.7 Å². The van der Waals surface area contributed by atoms with Gasteiger partial charge in [0.15, 0.2) is 0 Å². The van der Waals surface area contributed by atoms with Crippen LogP contribution in [0, 0.1) is 6.92 Å². The molecule has 0 saturated heterocycles. The van der Waals surface area contributed by atoms with E-state index >= 15 is 0 Å². The van der Waals surface area contributed by atoms with Crippen molar-refractivity contribution < 1.29 is 4.42 Å². The summed E-state index contributed by atoms with van der Waals surface area (Å²) in [5, 5.41) is 3.23. The number of fused-ring (bicyclic) bond motifs is 1. The van der Waals surface area contributed by atoms with Crippen LogP contribution in [0.25, 0.3) is 11.0 Å². The van der Waals surface area contributed by atoms with Crippen LogP contribution in [0.4, 0.5) is 5.95 Å². The molecule has 1 aromatic carbocycles. The van der Waals surface area contributed by atoms with Gasteiger partial charge in [-0.15, -0.1) is 0 Å². The van der Waals surface area contributed by atoms with Crippen molar-refractivity contribution in [2.24, 2.45) is 7.05 Å². The van der Waals surface area contributed by atoms with E-state index in [2.05, 4.69) is 15.3 Å². The molecule has 0 unspecified atom stereocenters. The maximum Gasteiger partial charge on any atom is 0.213 e. The summed E-state index contributed by atoms with van der Waals surface area (Å²) in [6.07, 6.45) is 1.71. The summed E-state index contributed by atoms with van der Waals surface area (Å²) in [6.45, 7) is 2.41. The molecule has 0 amide bonds. The third-order valence-electron chi connectivity index (χ3n) is 2.85. The Morgan fingerprint density at radius 3 is 2.89 bits per heavy atom. The Morgan fingerprint density at radius 1 is 1.33 bits per heavy atom. The number of anilines is 1. The number of para-hydroxylation sites is 2. The molecular weight excluding hydrogens is 228 g/mol. The summed E-state index contributed by atoms with van der Waals surface area (Å²) >= 11 is 0. The highest BCUT2D eigenvalue weighted by Crippen LogP contribution is 2.18. The molecule has 2 aromatic heterocycles. The normalized spacial score (nSPS) is 11.0. The SMILES string of the molecule is Cc1cnc(CNc2nc3ccccc3n2C)o1. The van der Waals surface area contributed by atoms with Crippen LogP contribution in [0.1, 0.15) is 11.7 Å². The largest absolute Gasteiger partial charge is 0.444 e. The molecule has 0 radical (unpaired) electrons. The lowest BCUT2D eigenvalue weighted by Gasteiger charge is -2.03. The molecule has 1 N–H and O–H groups in total. The van der Waals surface area contributed by atoms with Crippen molar-refractivity contribution in [1.82, 2.24) is 14.5 Å². The van der Waals surface area contributed by atoms with E-state index in [4.69, 9.17) is 4.42 Å². The fraction of sp³-hybridized carbons (Fsp3) is 0.231. The highest BCUT2D eigenvalue weighted by molar-refractivity contribution is 5.78. The molecule has 0 aliphatic heterocycles. The number of nitrogens with one attached hydrogen (secondary N) is 1. The summed E-state index contributed by atoms with van der Waals surface area (Å²) in [5.74, 6) is 2.29. The lowest BCUT2D eigenvalue weighted by molar-refractivity contribution is 0.478. The maximum absolute atomic E-state index is 5.41. The van der Waals surface area contributed by atoms with Crippen molar-refractivity contribution in [3.8, 4) is 0 Å². The Balaban J connectivity index is 1.84. The second-order valence-electron chi connectivity index (χ2n) is 4.20. The van der Waals surface area contributed by atoms with Crippen LogP contribution in [0.5, 0.6) is 0 Å². The van der Waals surface area contributed by atoms with Gasteiger partial charge in [-0.05, 0) is 19.1 Å². The van der Waals surface area contributed by atoms with Gasteiger partial charge in [0, 0.05) is 7.05 Å². The Morgan fingerprint density at radius 2 is 2.17 bits per heavy atom. The zero-order chi connectivity index (χ0) is 12.5.